The van der Waals surface area contributed by atoms with E-state index in [1.54, 1.807) is 12.1 Å². The van der Waals surface area contributed by atoms with Crippen molar-refractivity contribution in [3.63, 3.8) is 0 Å². The van der Waals surface area contributed by atoms with Gasteiger partial charge >= 0.3 is 0 Å². The molecule has 0 spiro atoms. The van der Waals surface area contributed by atoms with Gasteiger partial charge in [-0.05, 0) is 18.2 Å². The van der Waals surface area contributed by atoms with E-state index < -0.39 is 5.91 Å². The molecule has 0 saturated carbocycles. The molecule has 0 saturated heterocycles. The minimum Gasteiger partial charge on any atom is -0.490 e. The minimum absolute atomic E-state index is 0.0863. The fraction of sp³-hybridized carbons (Fsp3) is 0.273. The second-order valence-electron chi connectivity index (χ2n) is 3.57. The van der Waals surface area contributed by atoms with Crippen LogP contribution in [0.3, 0.4) is 0 Å². The summed E-state index contributed by atoms with van der Waals surface area (Å²) in [5.74, 6) is -0.331. The first-order valence-electron chi connectivity index (χ1n) is 5.06. The molecule has 1 aliphatic heterocycles. The van der Waals surface area contributed by atoms with Crippen molar-refractivity contribution in [2.24, 2.45) is 5.73 Å². The van der Waals surface area contributed by atoms with Crippen molar-refractivity contribution in [2.45, 2.75) is 0 Å². The molecule has 1 aromatic carbocycles. The number of benzene rings is 1. The maximum atomic E-state index is 11.6. The van der Waals surface area contributed by atoms with Crippen molar-refractivity contribution >= 4 is 29.1 Å². The molecule has 0 radical (unpaired) electrons. The maximum Gasteiger partial charge on any atom is 0.248 e. The predicted molar refractivity (Wildman–Crippen MR) is 63.5 cm³/mol. The van der Waals surface area contributed by atoms with Crippen molar-refractivity contribution in [3.05, 3.63) is 23.8 Å². The van der Waals surface area contributed by atoms with Crippen LogP contribution in [0, 0.1) is 0 Å². The van der Waals surface area contributed by atoms with E-state index in [4.69, 9.17) is 22.1 Å². The largest absolute Gasteiger partial charge is 0.490 e. The first-order valence-corrected chi connectivity index (χ1v) is 5.60. The van der Waals surface area contributed by atoms with Gasteiger partial charge in [0.1, 0.15) is 18.2 Å². The molecule has 0 aliphatic carbocycles. The molecule has 0 bridgehead atoms. The summed E-state index contributed by atoms with van der Waals surface area (Å²) in [5, 5.41) is 0. The van der Waals surface area contributed by atoms with Gasteiger partial charge < -0.3 is 15.4 Å². The number of halogens is 1. The van der Waals surface area contributed by atoms with Gasteiger partial charge in [-0.15, -0.1) is 11.6 Å². The third-order valence-electron chi connectivity index (χ3n) is 2.52. The lowest BCUT2D eigenvalue weighted by Gasteiger charge is -2.29. The Morgan fingerprint density at radius 2 is 2.24 bits per heavy atom. The van der Waals surface area contributed by atoms with Gasteiger partial charge in [0.15, 0.2) is 0 Å². The zero-order chi connectivity index (χ0) is 12.4. The average Bonchev–Trinajstić information content (AvgIpc) is 2.36. The van der Waals surface area contributed by atoms with Gasteiger partial charge in [-0.25, -0.2) is 0 Å². The van der Waals surface area contributed by atoms with Crippen molar-refractivity contribution in [3.8, 4) is 5.75 Å². The van der Waals surface area contributed by atoms with Crippen LogP contribution in [-0.4, -0.2) is 30.8 Å². The van der Waals surface area contributed by atoms with E-state index in [2.05, 4.69) is 0 Å². The number of nitrogens with two attached hydrogens (primary N) is 1. The molecule has 0 aromatic heterocycles. The third-order valence-corrected chi connectivity index (χ3v) is 2.75. The Balaban J connectivity index is 2.40. The van der Waals surface area contributed by atoms with Crippen LogP contribution in [-0.2, 0) is 4.79 Å². The summed E-state index contributed by atoms with van der Waals surface area (Å²) in [7, 11) is 0. The van der Waals surface area contributed by atoms with E-state index in [1.807, 2.05) is 0 Å². The van der Waals surface area contributed by atoms with Crippen molar-refractivity contribution in [2.75, 3.05) is 23.9 Å². The second kappa shape index (κ2) is 4.63. The number of fused-ring (bicyclic) bond motifs is 1. The fourth-order valence-electron chi connectivity index (χ4n) is 1.70. The van der Waals surface area contributed by atoms with E-state index in [-0.39, 0.29) is 11.8 Å². The monoisotopic (exact) mass is 254 g/mol. The van der Waals surface area contributed by atoms with Crippen molar-refractivity contribution < 1.29 is 14.3 Å². The summed E-state index contributed by atoms with van der Waals surface area (Å²) in [6.07, 6.45) is 0. The smallest absolute Gasteiger partial charge is 0.248 e. The lowest BCUT2D eigenvalue weighted by atomic mass is 10.1. The lowest BCUT2D eigenvalue weighted by Crippen LogP contribution is -2.38. The molecule has 1 heterocycles. The molecule has 17 heavy (non-hydrogen) atoms. The molecule has 1 aliphatic rings. The van der Waals surface area contributed by atoms with E-state index in [0.29, 0.717) is 30.2 Å². The molecule has 0 fully saturated rings. The van der Waals surface area contributed by atoms with E-state index in [1.165, 1.54) is 11.0 Å². The Hall–Kier alpha value is -1.75. The Morgan fingerprint density at radius 1 is 1.47 bits per heavy atom. The highest BCUT2D eigenvalue weighted by Crippen LogP contribution is 2.32. The first-order chi connectivity index (χ1) is 8.13. The molecule has 2 rings (SSSR count). The van der Waals surface area contributed by atoms with Crippen LogP contribution in [0.15, 0.2) is 18.2 Å². The van der Waals surface area contributed by atoms with Gasteiger partial charge in [-0.3, -0.25) is 9.59 Å². The number of hydrogen-bond acceptors (Lipinski definition) is 3. The number of nitrogens with zero attached hydrogens (tertiary/aromatic N) is 1. The molecule has 5 nitrogen and oxygen atoms in total. The van der Waals surface area contributed by atoms with Gasteiger partial charge in [-0.1, -0.05) is 0 Å². The molecule has 6 heteroatoms. The van der Waals surface area contributed by atoms with Crippen molar-refractivity contribution in [1.82, 2.24) is 0 Å². The van der Waals surface area contributed by atoms with Gasteiger partial charge in [-0.2, -0.15) is 0 Å². The summed E-state index contributed by atoms with van der Waals surface area (Å²) in [6.45, 7) is 0.826. The number of anilines is 1. The second-order valence-corrected chi connectivity index (χ2v) is 3.84. The topological polar surface area (TPSA) is 72.6 Å². The molecule has 1 aromatic rings. The Kier molecular flexibility index (Phi) is 3.19. The van der Waals surface area contributed by atoms with Gasteiger partial charge in [0, 0.05) is 5.56 Å². The summed E-state index contributed by atoms with van der Waals surface area (Å²) >= 11 is 5.53. The van der Waals surface area contributed by atoms with Gasteiger partial charge in [0.2, 0.25) is 11.8 Å². The summed E-state index contributed by atoms with van der Waals surface area (Å²) < 4.78 is 5.39. The number of carbonyl (C=O) groups excluding carboxylic acids is 2. The van der Waals surface area contributed by atoms with Crippen molar-refractivity contribution in [1.29, 1.82) is 0 Å². The highest BCUT2D eigenvalue weighted by Gasteiger charge is 2.23. The van der Waals surface area contributed by atoms with E-state index in [0.717, 1.165) is 0 Å². The highest BCUT2D eigenvalue weighted by atomic mass is 35.5. The SMILES string of the molecule is NC(=O)c1ccc2c(c1)OCCN2C(=O)CCl. The molecule has 0 atom stereocenters. The number of primary amides is 1. The molecule has 90 valence electrons. The molecule has 2 amide bonds. The van der Waals surface area contributed by atoms with Crippen LogP contribution in [0.2, 0.25) is 0 Å². The molecule has 0 unspecified atom stereocenters. The van der Waals surface area contributed by atoms with Crippen LogP contribution in [0.4, 0.5) is 5.69 Å². The number of alkyl halides is 1. The van der Waals surface area contributed by atoms with Gasteiger partial charge in [0.25, 0.3) is 0 Å². The lowest BCUT2D eigenvalue weighted by molar-refractivity contribution is -0.116. The van der Waals surface area contributed by atoms with Crippen LogP contribution in [0.25, 0.3) is 0 Å². The summed E-state index contributed by atoms with van der Waals surface area (Å²) in [4.78, 5) is 24.2. The number of ether oxygens (including phenoxy) is 1. The maximum absolute atomic E-state index is 11.6. The summed E-state index contributed by atoms with van der Waals surface area (Å²) in [6, 6.07) is 4.73. The standard InChI is InChI=1S/C11H11ClN2O3/c12-6-10(15)14-3-4-17-9-5-7(11(13)16)1-2-8(9)14/h1-2,5H,3-4,6H2,(H2,13,16). The van der Waals surface area contributed by atoms with Crippen LogP contribution < -0.4 is 15.4 Å². The molecule has 2 N–H and O–H groups in total. The van der Waals surface area contributed by atoms with E-state index in [9.17, 15) is 9.59 Å². The number of rotatable bonds is 2. The average molecular weight is 255 g/mol. The minimum atomic E-state index is -0.530. The molecular formula is C11H11ClN2O3. The van der Waals surface area contributed by atoms with Crippen LogP contribution in [0.5, 0.6) is 5.75 Å². The number of amides is 2. The Morgan fingerprint density at radius 3 is 2.88 bits per heavy atom. The van der Waals surface area contributed by atoms with E-state index >= 15 is 0 Å². The predicted octanol–water partition coefficient (Wildman–Crippen LogP) is 0.750. The Bertz CT molecular complexity index is 476. The zero-order valence-electron chi connectivity index (χ0n) is 8.98. The summed E-state index contributed by atoms with van der Waals surface area (Å²) in [5.41, 5.74) is 6.14. The molecular weight excluding hydrogens is 244 g/mol. The van der Waals surface area contributed by atoms with Gasteiger partial charge in [0.05, 0.1) is 12.2 Å². The zero-order valence-corrected chi connectivity index (χ0v) is 9.74. The number of hydrogen-bond donors (Lipinski definition) is 1. The fourth-order valence-corrected chi connectivity index (χ4v) is 1.85. The highest BCUT2D eigenvalue weighted by molar-refractivity contribution is 6.29. The van der Waals surface area contributed by atoms with Crippen LogP contribution >= 0.6 is 11.6 Å². The van der Waals surface area contributed by atoms with Crippen LogP contribution in [0.1, 0.15) is 10.4 Å². The first kappa shape index (κ1) is 11.7. The third kappa shape index (κ3) is 2.19. The normalized spacial score (nSPS) is 13.8. The Labute approximate surface area is 103 Å². The number of carbonyl (C=O) groups is 2. The quantitative estimate of drug-likeness (QED) is 0.792.